The fourth-order valence-electron chi connectivity index (χ4n) is 14.5. The van der Waals surface area contributed by atoms with Gasteiger partial charge >= 0.3 is 0 Å². The van der Waals surface area contributed by atoms with Crippen LogP contribution in [0, 0.1) is 45.3 Å². The average Bonchev–Trinajstić information content (AvgIpc) is 3.63. The van der Waals surface area contributed by atoms with Crippen LogP contribution in [-0.2, 0) is 33.2 Å². The fourth-order valence-corrected chi connectivity index (χ4v) is 14.5. The molecule has 3 saturated heterocycles. The third-order valence-electron chi connectivity index (χ3n) is 18.9. The smallest absolute Gasteiger partial charge is 0.187 e. The van der Waals surface area contributed by atoms with Gasteiger partial charge < -0.3 is 84.6 Å². The Hall–Kier alpha value is -1.01. The van der Waals surface area contributed by atoms with Crippen molar-refractivity contribution in [2.75, 3.05) is 6.61 Å². The topological polar surface area (TPSA) is 295 Å². The summed E-state index contributed by atoms with van der Waals surface area (Å²) in [5.74, 6) is -0.450. The molecule has 7 rings (SSSR count). The Kier molecular flexibility index (Phi) is 14.8. The van der Waals surface area contributed by atoms with E-state index in [1.807, 2.05) is 0 Å². The van der Waals surface area contributed by atoms with Crippen LogP contribution in [0.2, 0.25) is 0 Å². The molecule has 4 saturated carbocycles. The highest BCUT2D eigenvalue weighted by molar-refractivity contribution is 5.84. The van der Waals surface area contributed by atoms with Gasteiger partial charge in [-0.25, -0.2) is 0 Å². The van der Waals surface area contributed by atoms with Crippen LogP contribution in [0.15, 0.2) is 0 Å². The van der Waals surface area contributed by atoms with Crippen molar-refractivity contribution in [1.29, 1.82) is 0 Å². The number of aliphatic hydroxyl groups excluding tert-OH is 9. The van der Waals surface area contributed by atoms with Crippen LogP contribution >= 0.6 is 0 Å². The first kappa shape index (κ1) is 52.8. The molecule has 3 aliphatic heterocycles. The second kappa shape index (κ2) is 18.6. The second-order valence-electron chi connectivity index (χ2n) is 23.6. The second-order valence-corrected chi connectivity index (χ2v) is 23.6. The predicted octanol–water partition coefficient (Wildman–Crippen LogP) is 0.402. The molecule has 66 heavy (non-hydrogen) atoms. The van der Waals surface area contributed by atoms with Gasteiger partial charge in [0, 0.05) is 12.3 Å². The SMILES string of the molecule is C[C@@H]1O[C@@H](O[C@H]2[C@H](O[C@H]3CC[C@@]4(C)[C@H](CC[C@]5(C)[C@@H]4CC(=O)[C@@H]4[C@@H]([C@@](C)(O)CC[C@@H](O)C(C)(C)O)CC[C@]45C)C3(C)C)O[C@H](CO)[C@@H](O)[C@@H]2O[C@@H]2O[C@@H](C)[C@H](O)[C@@H](O)[C@H]2O)[C@H](O)[C@H](O)[C@H]1O. The molecule has 0 bridgehead atoms. The van der Waals surface area contributed by atoms with Gasteiger partial charge in [-0.3, -0.25) is 4.79 Å². The van der Waals surface area contributed by atoms with E-state index < -0.39 is 133 Å². The molecule has 18 nitrogen and oxygen atoms in total. The fraction of sp³-hybridized carbons (Fsp3) is 0.979. The Bertz CT molecular complexity index is 1710. The number of carbonyl (C=O) groups is 1. The number of fused-ring (bicyclic) bond motifs is 5. The Balaban J connectivity index is 1.15. The zero-order valence-corrected chi connectivity index (χ0v) is 40.5. The van der Waals surface area contributed by atoms with Gasteiger partial charge in [0.1, 0.15) is 66.8 Å². The van der Waals surface area contributed by atoms with Gasteiger partial charge in [-0.15, -0.1) is 0 Å². The van der Waals surface area contributed by atoms with Gasteiger partial charge in [0.25, 0.3) is 0 Å². The van der Waals surface area contributed by atoms with Gasteiger partial charge in [-0.1, -0.05) is 34.6 Å². The lowest BCUT2D eigenvalue weighted by Gasteiger charge is -2.69. The molecule has 0 aromatic rings. The minimum absolute atomic E-state index is 0.0130. The lowest BCUT2D eigenvalue weighted by molar-refractivity contribution is -0.397. The molecule has 7 fully saturated rings. The maximum atomic E-state index is 14.7. The highest BCUT2D eigenvalue weighted by Gasteiger charge is 2.72. The van der Waals surface area contributed by atoms with Gasteiger partial charge in [0.2, 0.25) is 0 Å². The van der Waals surface area contributed by atoms with E-state index in [9.17, 15) is 61.0 Å². The molecule has 25 atom stereocenters. The maximum absolute atomic E-state index is 14.7. The summed E-state index contributed by atoms with van der Waals surface area (Å²) in [4.78, 5) is 14.7. The van der Waals surface area contributed by atoms with E-state index in [4.69, 9.17) is 28.4 Å². The van der Waals surface area contributed by atoms with E-state index in [0.29, 0.717) is 25.7 Å². The molecule has 7 aliphatic rings. The normalized spacial score (nSPS) is 52.2. The first-order chi connectivity index (χ1) is 30.5. The highest BCUT2D eigenvalue weighted by atomic mass is 16.8. The summed E-state index contributed by atoms with van der Waals surface area (Å²) in [5.41, 5.74) is -4.09. The zero-order chi connectivity index (χ0) is 49.0. The van der Waals surface area contributed by atoms with E-state index in [2.05, 4.69) is 34.6 Å². The lowest BCUT2D eigenvalue weighted by Crippen LogP contribution is -2.68. The van der Waals surface area contributed by atoms with E-state index >= 15 is 0 Å². The van der Waals surface area contributed by atoms with Crippen LogP contribution in [0.3, 0.4) is 0 Å². The third kappa shape index (κ3) is 8.79. The predicted molar refractivity (Wildman–Crippen MR) is 233 cm³/mol. The largest absolute Gasteiger partial charge is 0.394 e. The summed E-state index contributed by atoms with van der Waals surface area (Å²) >= 11 is 0. The van der Waals surface area contributed by atoms with Gasteiger partial charge in [0.05, 0.1) is 42.2 Å². The standard InChI is InChI=1S/C48H82O18/c1-21-31(52)34(55)36(57)40(61-21)65-38-33(54)25(20-49)63-42(39(38)66-41-37(58)35(56)32(53)22(2)62-41)64-29-14-15-45(7)26(43(29,3)4)12-17-46(8)27(45)19-24(50)30-23(11-16-47(30,46)9)48(10,60)18-13-28(51)44(5,6)59/h21-23,25-42,49,51-60H,11-20H2,1-10H3/t21-,22-,23-,25+,26+,27+,28+,29-,30-,31-,32-,33+,34+,35+,36+,37+,38-,39+,40-,41-,42-,45-,46+,47+,48-/m0/s1. The summed E-state index contributed by atoms with van der Waals surface area (Å²) in [7, 11) is 0. The summed E-state index contributed by atoms with van der Waals surface area (Å²) in [6, 6.07) is 0. The minimum atomic E-state index is -1.79. The van der Waals surface area contributed by atoms with Crippen LogP contribution in [0.4, 0.5) is 0 Å². The number of hydrogen-bond donors (Lipinski definition) is 11. The molecule has 0 radical (unpaired) electrons. The molecule has 0 amide bonds. The summed E-state index contributed by atoms with van der Waals surface area (Å²) in [6.07, 6.45) is -19.1. The molecule has 0 aromatic carbocycles. The van der Waals surface area contributed by atoms with Crippen molar-refractivity contribution in [3.8, 4) is 0 Å². The molecular weight excluding hydrogens is 865 g/mol. The molecule has 382 valence electrons. The first-order valence-electron chi connectivity index (χ1n) is 24.4. The molecule has 0 aromatic heterocycles. The Labute approximate surface area is 388 Å². The number of Topliss-reactive ketones (excluding diaryl/α,β-unsaturated/α-hetero) is 1. The van der Waals surface area contributed by atoms with Gasteiger partial charge in [0.15, 0.2) is 18.9 Å². The number of hydrogen-bond acceptors (Lipinski definition) is 18. The van der Waals surface area contributed by atoms with Gasteiger partial charge in [-0.05, 0) is 125 Å². The van der Waals surface area contributed by atoms with Crippen LogP contribution in [0.1, 0.15) is 127 Å². The molecule has 4 aliphatic carbocycles. The number of aliphatic hydroxyl groups is 11. The third-order valence-corrected chi connectivity index (χ3v) is 18.9. The van der Waals surface area contributed by atoms with Crippen molar-refractivity contribution >= 4 is 5.78 Å². The van der Waals surface area contributed by atoms with Gasteiger partial charge in [-0.2, -0.15) is 0 Å². The van der Waals surface area contributed by atoms with E-state index in [1.54, 1.807) is 20.8 Å². The van der Waals surface area contributed by atoms with Crippen LogP contribution in [0.5, 0.6) is 0 Å². The van der Waals surface area contributed by atoms with Crippen molar-refractivity contribution in [1.82, 2.24) is 0 Å². The Morgan fingerprint density at radius 3 is 1.76 bits per heavy atom. The Morgan fingerprint density at radius 2 is 1.21 bits per heavy atom. The van der Waals surface area contributed by atoms with Crippen molar-refractivity contribution in [2.24, 2.45) is 45.3 Å². The molecular formula is C48H82O18. The minimum Gasteiger partial charge on any atom is -0.394 e. The average molecular weight is 947 g/mol. The van der Waals surface area contributed by atoms with E-state index in [-0.39, 0.29) is 53.1 Å². The highest BCUT2D eigenvalue weighted by Crippen LogP contribution is 2.75. The molecule has 0 spiro atoms. The maximum Gasteiger partial charge on any atom is 0.187 e. The molecule has 11 N–H and O–H groups in total. The number of rotatable bonds is 12. The summed E-state index contributed by atoms with van der Waals surface area (Å²) in [5, 5.41) is 120. The zero-order valence-electron chi connectivity index (χ0n) is 40.5. The number of ether oxygens (including phenoxy) is 6. The van der Waals surface area contributed by atoms with E-state index in [1.165, 1.54) is 13.8 Å². The van der Waals surface area contributed by atoms with Crippen molar-refractivity contribution in [2.45, 2.75) is 243 Å². The van der Waals surface area contributed by atoms with Crippen LogP contribution < -0.4 is 0 Å². The summed E-state index contributed by atoms with van der Waals surface area (Å²) < 4.78 is 37.3. The van der Waals surface area contributed by atoms with Crippen LogP contribution in [0.25, 0.3) is 0 Å². The first-order valence-corrected chi connectivity index (χ1v) is 24.4. The van der Waals surface area contributed by atoms with E-state index in [0.717, 1.165) is 19.3 Å². The quantitative estimate of drug-likeness (QED) is 0.118. The number of carbonyl (C=O) groups excluding carboxylic acids is 1. The molecule has 0 unspecified atom stereocenters. The van der Waals surface area contributed by atoms with Crippen LogP contribution in [-0.4, -0.2) is 184 Å². The van der Waals surface area contributed by atoms with Crippen molar-refractivity contribution in [3.63, 3.8) is 0 Å². The molecule has 3 heterocycles. The van der Waals surface area contributed by atoms with Crippen molar-refractivity contribution in [3.05, 3.63) is 0 Å². The monoisotopic (exact) mass is 947 g/mol. The number of ketones is 1. The van der Waals surface area contributed by atoms with Crippen molar-refractivity contribution < 1.29 is 89.4 Å². The summed E-state index contributed by atoms with van der Waals surface area (Å²) in [6.45, 7) is 18.2. The molecule has 18 heteroatoms. The Morgan fingerprint density at radius 1 is 0.667 bits per heavy atom. The lowest BCUT2D eigenvalue weighted by atomic mass is 9.35.